The molecule has 6 aliphatic rings. The molecule has 12 N–H and O–H groups in total. The summed E-state index contributed by atoms with van der Waals surface area (Å²) in [7, 11) is 2.57. The summed E-state index contributed by atoms with van der Waals surface area (Å²) < 4.78 is 41.4. The Balaban J connectivity index is 0.913. The summed E-state index contributed by atoms with van der Waals surface area (Å²) in [5, 5.41) is 92.2. The van der Waals surface area contributed by atoms with Crippen LogP contribution in [-0.2, 0) is 46.1 Å². The minimum Gasteiger partial charge on any atom is -0.507 e. The summed E-state index contributed by atoms with van der Waals surface area (Å²) in [6, 6.07) is 6.59. The molecule has 2 aliphatic heterocycles. The molecule has 10 rings (SSSR count). The quantitative estimate of drug-likeness (QED) is 0.0766. The van der Waals surface area contributed by atoms with E-state index in [1.165, 1.54) is 57.5 Å². The van der Waals surface area contributed by atoms with E-state index in [-0.39, 0.29) is 68.8 Å². The van der Waals surface area contributed by atoms with Crippen molar-refractivity contribution < 1.29 is 103 Å². The van der Waals surface area contributed by atoms with Gasteiger partial charge in [0, 0.05) is 84.0 Å². The number of rotatable bonds is 12. The molecule has 23 heteroatoms. The average molecular weight is 1070 g/mol. The van der Waals surface area contributed by atoms with Crippen LogP contribution < -0.4 is 20.9 Å². The summed E-state index contributed by atoms with van der Waals surface area (Å²) in [5.74, 6) is -8.61. The number of ketones is 6. The fraction of sp³-hybridized carbons (Fsp3) is 0.444. The van der Waals surface area contributed by atoms with Gasteiger partial charge in [-0.05, 0) is 26.0 Å². The van der Waals surface area contributed by atoms with Crippen molar-refractivity contribution in [1.82, 2.24) is 0 Å². The van der Waals surface area contributed by atoms with Crippen molar-refractivity contribution in [3.8, 4) is 34.5 Å². The molecule has 77 heavy (non-hydrogen) atoms. The number of carbonyl (C=O) groups is 6. The van der Waals surface area contributed by atoms with E-state index in [2.05, 4.69) is 0 Å². The number of fused-ring (bicyclic) bond motifs is 6. The van der Waals surface area contributed by atoms with Gasteiger partial charge < -0.3 is 85.5 Å². The van der Waals surface area contributed by atoms with Gasteiger partial charge in [-0.1, -0.05) is 24.3 Å². The van der Waals surface area contributed by atoms with Crippen LogP contribution in [0.4, 0.5) is 0 Å². The lowest BCUT2D eigenvalue weighted by Gasteiger charge is -2.43. The predicted octanol–water partition coefficient (Wildman–Crippen LogP) is 1.05. The number of nitrogens with two attached hydrogens (primary N) is 2. The number of phenols is 4. The fourth-order valence-corrected chi connectivity index (χ4v) is 11.9. The van der Waals surface area contributed by atoms with Gasteiger partial charge in [0.1, 0.15) is 58.9 Å². The first-order valence-electron chi connectivity index (χ1n) is 24.8. The van der Waals surface area contributed by atoms with Gasteiger partial charge in [-0.3, -0.25) is 28.8 Å². The Morgan fingerprint density at radius 1 is 0.623 bits per heavy atom. The van der Waals surface area contributed by atoms with E-state index >= 15 is 0 Å². The van der Waals surface area contributed by atoms with Crippen LogP contribution >= 0.6 is 0 Å². The van der Waals surface area contributed by atoms with Crippen molar-refractivity contribution in [1.29, 1.82) is 0 Å². The van der Waals surface area contributed by atoms with Crippen LogP contribution in [0.15, 0.2) is 36.4 Å². The zero-order valence-corrected chi connectivity index (χ0v) is 41.9. The molecule has 2 saturated heterocycles. The Bertz CT molecular complexity index is 3190. The topological polar surface area (TPSA) is 381 Å². The number of ether oxygens (including phenoxy) is 7. The number of benzene rings is 4. The molecule has 4 aliphatic carbocycles. The molecule has 4 aromatic rings. The van der Waals surface area contributed by atoms with Crippen molar-refractivity contribution in [2.24, 2.45) is 11.5 Å². The Labute approximate surface area is 437 Å². The lowest BCUT2D eigenvalue weighted by atomic mass is 9.72. The standard InChI is InChI=1S/C54H56N2O21/c1-19-43(60)25(55)11-33(74-19)76-30-16-54(70,14-24-38(30)51(68)42-40(47(24)64)45(62)22-8-6-10-28(72-4)36(22)49(42)66)32(59)18-73-52-20(2)75-34(12-26(52)56)77-29-15-53(69,31(58)17-57)13-23-37(29)50(67)41-39(46(23)63)44(61)21-7-5-9-27(71-3)35(21)48(41)65/h5-10,19-20,25-26,29-30,33-34,43,52,57,60,63-64,67-70H,11-18,55-56H2,1-4H3/t19-,20-,25-,26-,29-,30-,33-,34-,43+,52+,53-,54-/m0/s1. The fourth-order valence-electron chi connectivity index (χ4n) is 11.9. The van der Waals surface area contributed by atoms with Gasteiger partial charge >= 0.3 is 0 Å². The van der Waals surface area contributed by atoms with E-state index in [4.69, 9.17) is 44.6 Å². The molecule has 0 aromatic heterocycles. The van der Waals surface area contributed by atoms with Crippen LogP contribution in [0.1, 0.15) is 138 Å². The summed E-state index contributed by atoms with van der Waals surface area (Å²) >= 11 is 0. The van der Waals surface area contributed by atoms with Crippen LogP contribution in [0.2, 0.25) is 0 Å². The van der Waals surface area contributed by atoms with E-state index in [1.807, 2.05) is 0 Å². The van der Waals surface area contributed by atoms with Gasteiger partial charge in [0.2, 0.25) is 11.6 Å². The predicted molar refractivity (Wildman–Crippen MR) is 260 cm³/mol. The highest BCUT2D eigenvalue weighted by molar-refractivity contribution is 6.32. The van der Waals surface area contributed by atoms with Gasteiger partial charge in [-0.15, -0.1) is 0 Å². The lowest BCUT2D eigenvalue weighted by molar-refractivity contribution is -0.254. The maximum absolute atomic E-state index is 14.4. The Morgan fingerprint density at radius 2 is 1.05 bits per heavy atom. The van der Waals surface area contributed by atoms with E-state index < -0.39 is 191 Å². The smallest absolute Gasteiger partial charge is 0.202 e. The highest BCUT2D eigenvalue weighted by Crippen LogP contribution is 2.55. The zero-order valence-electron chi connectivity index (χ0n) is 41.9. The van der Waals surface area contributed by atoms with E-state index in [9.17, 15) is 69.6 Å². The minimum absolute atomic E-state index is 0.0162. The molecule has 408 valence electrons. The van der Waals surface area contributed by atoms with Crippen LogP contribution in [0.5, 0.6) is 34.5 Å². The molecule has 0 radical (unpaired) electrons. The van der Waals surface area contributed by atoms with Crippen LogP contribution in [0, 0.1) is 0 Å². The first-order valence-corrected chi connectivity index (χ1v) is 24.8. The van der Waals surface area contributed by atoms with E-state index in [1.54, 1.807) is 6.92 Å². The molecule has 23 nitrogen and oxygen atoms in total. The van der Waals surface area contributed by atoms with E-state index in [0.717, 1.165) is 0 Å². The Morgan fingerprint density at radius 3 is 1.48 bits per heavy atom. The van der Waals surface area contributed by atoms with Crippen LogP contribution in [0.25, 0.3) is 0 Å². The third kappa shape index (κ3) is 8.48. The van der Waals surface area contributed by atoms with Crippen molar-refractivity contribution in [2.45, 2.75) is 125 Å². The summed E-state index contributed by atoms with van der Waals surface area (Å²) in [4.78, 5) is 83.9. The molecule has 0 saturated carbocycles. The SMILES string of the molecule is COc1cccc2c1C(=O)c1c(O)c3c(c(O)c1C2=O)C[C@@](O)(C(=O)CO[C@@H]1[C@H](C)O[C@@H](O[C@H]2C[C@](O)(C(=O)CO)Cc4c(O)c5c(c(O)c42)C(=O)c2c(OC)cccc2C5=O)C[C@@H]1N)C[C@@H]3O[C@H]1C[C@H](N)[C@H](O)[C@H](C)O1. The van der Waals surface area contributed by atoms with Crippen molar-refractivity contribution in [3.63, 3.8) is 0 Å². The maximum atomic E-state index is 14.4. The number of methoxy groups -OCH3 is 2. The van der Waals surface area contributed by atoms with E-state index in [0.29, 0.717) is 0 Å². The lowest BCUT2D eigenvalue weighted by Crippen LogP contribution is -2.55. The molecular weight excluding hydrogens is 1010 g/mol. The Hall–Kier alpha value is -6.74. The molecular formula is C54H56N2O21. The second-order valence-corrected chi connectivity index (χ2v) is 20.4. The highest BCUT2D eigenvalue weighted by Gasteiger charge is 2.53. The van der Waals surface area contributed by atoms with Crippen molar-refractivity contribution in [3.05, 3.63) is 103 Å². The number of carbonyl (C=O) groups excluding carboxylic acids is 6. The second-order valence-electron chi connectivity index (χ2n) is 20.4. The monoisotopic (exact) mass is 1070 g/mol. The van der Waals surface area contributed by atoms with Gasteiger partial charge in [-0.25, -0.2) is 0 Å². The molecule has 12 atom stereocenters. The molecule has 0 spiro atoms. The number of hydrogen-bond acceptors (Lipinski definition) is 23. The highest BCUT2D eigenvalue weighted by atomic mass is 16.7. The summed E-state index contributed by atoms with van der Waals surface area (Å²) in [6.45, 7) is 1.06. The molecule has 2 heterocycles. The minimum atomic E-state index is -2.47. The number of hydrogen-bond donors (Lipinski definition) is 10. The van der Waals surface area contributed by atoms with Crippen LogP contribution in [0.3, 0.4) is 0 Å². The summed E-state index contributed by atoms with van der Waals surface area (Å²) in [6.07, 6.45) is -12.7. The van der Waals surface area contributed by atoms with Crippen molar-refractivity contribution >= 4 is 34.7 Å². The van der Waals surface area contributed by atoms with Crippen molar-refractivity contribution in [2.75, 3.05) is 27.4 Å². The molecule has 4 aromatic carbocycles. The number of aromatic hydroxyl groups is 4. The molecule has 0 unspecified atom stereocenters. The van der Waals surface area contributed by atoms with Gasteiger partial charge in [0.05, 0.1) is 84.2 Å². The summed E-state index contributed by atoms with van der Waals surface area (Å²) in [5.41, 5.74) is 3.99. The van der Waals surface area contributed by atoms with Gasteiger partial charge in [-0.2, -0.15) is 0 Å². The number of Topliss-reactive ketones (excluding diaryl/α,β-unsaturated/α-hetero) is 2. The number of aliphatic hydroxyl groups is 4. The second kappa shape index (κ2) is 19.6. The number of aliphatic hydroxyl groups excluding tert-OH is 2. The maximum Gasteiger partial charge on any atom is 0.202 e. The first-order chi connectivity index (χ1) is 36.5. The third-order valence-electron chi connectivity index (χ3n) is 15.8. The molecule has 2 fully saturated rings. The Kier molecular flexibility index (Phi) is 13.7. The van der Waals surface area contributed by atoms with Crippen LogP contribution in [-0.4, -0.2) is 163 Å². The third-order valence-corrected chi connectivity index (χ3v) is 15.8. The molecule has 0 amide bonds. The zero-order chi connectivity index (χ0) is 55.5. The first kappa shape index (κ1) is 53.6. The van der Waals surface area contributed by atoms with Gasteiger partial charge in [0.15, 0.2) is 35.7 Å². The largest absolute Gasteiger partial charge is 0.507 e. The number of phenolic OH excluding ortho intramolecular Hbond substituents is 4. The average Bonchev–Trinajstić information content (AvgIpc) is 3.56. The molecule has 0 bridgehead atoms. The van der Waals surface area contributed by atoms with Gasteiger partial charge in [0.25, 0.3) is 0 Å². The normalized spacial score (nSPS) is 30.3.